The molecule has 0 aliphatic carbocycles. The average molecular weight is 196 g/mol. The smallest absolute Gasteiger partial charge is 0.213 e. The predicted molar refractivity (Wildman–Crippen MR) is 54.2 cm³/mol. The number of hydrogen-bond donors (Lipinski definition) is 1. The van der Waals surface area contributed by atoms with Crippen molar-refractivity contribution in [1.29, 1.82) is 0 Å². The van der Waals surface area contributed by atoms with Gasteiger partial charge in [-0.25, -0.2) is 4.98 Å². The molecule has 0 atom stereocenters. The minimum atomic E-state index is 0.511. The Morgan fingerprint density at radius 1 is 1.36 bits per heavy atom. The van der Waals surface area contributed by atoms with Gasteiger partial charge in [0.25, 0.3) is 0 Å². The first-order valence-electron chi connectivity index (χ1n) is 4.56. The number of nitrogens with zero attached hydrogens (tertiary/aromatic N) is 1. The maximum absolute atomic E-state index is 5.52. The molecule has 0 radical (unpaired) electrons. The lowest BCUT2D eigenvalue weighted by Gasteiger charge is -2.07. The average Bonchev–Trinajstić information content (AvgIpc) is 2.18. The Morgan fingerprint density at radius 3 is 2.71 bits per heavy atom. The van der Waals surface area contributed by atoms with Gasteiger partial charge in [0.1, 0.15) is 6.61 Å². The maximum Gasteiger partial charge on any atom is 0.213 e. The zero-order valence-corrected chi connectivity index (χ0v) is 8.62. The molecule has 0 fully saturated rings. The molecule has 0 spiro atoms. The lowest BCUT2D eigenvalue weighted by Crippen LogP contribution is -2.07. The van der Waals surface area contributed by atoms with E-state index in [0.717, 1.165) is 11.3 Å². The quantitative estimate of drug-likeness (QED) is 0.710. The minimum absolute atomic E-state index is 0.511. The van der Waals surface area contributed by atoms with Gasteiger partial charge < -0.3 is 15.2 Å². The second-order valence-corrected chi connectivity index (χ2v) is 2.94. The van der Waals surface area contributed by atoms with E-state index in [9.17, 15) is 0 Å². The summed E-state index contributed by atoms with van der Waals surface area (Å²) in [5.41, 5.74) is 7.49. The number of hydrogen-bond acceptors (Lipinski definition) is 4. The van der Waals surface area contributed by atoms with Gasteiger partial charge in [0, 0.05) is 25.4 Å². The third-order valence-corrected chi connectivity index (χ3v) is 1.93. The van der Waals surface area contributed by atoms with Crippen LogP contribution in [0, 0.1) is 6.92 Å². The first-order valence-corrected chi connectivity index (χ1v) is 4.56. The highest BCUT2D eigenvalue weighted by molar-refractivity contribution is 5.24. The van der Waals surface area contributed by atoms with E-state index in [1.165, 1.54) is 0 Å². The van der Waals surface area contributed by atoms with Crippen LogP contribution < -0.4 is 10.5 Å². The Labute approximate surface area is 84.0 Å². The van der Waals surface area contributed by atoms with Crippen LogP contribution >= 0.6 is 0 Å². The molecule has 0 aliphatic heterocycles. The lowest BCUT2D eigenvalue weighted by atomic mass is 10.2. The monoisotopic (exact) mass is 196 g/mol. The van der Waals surface area contributed by atoms with E-state index in [1.54, 1.807) is 7.11 Å². The molecule has 1 aromatic heterocycles. The molecule has 0 saturated heterocycles. The zero-order chi connectivity index (χ0) is 10.4. The van der Waals surface area contributed by atoms with Crippen LogP contribution in [-0.2, 0) is 11.3 Å². The molecule has 4 nitrogen and oxygen atoms in total. The van der Waals surface area contributed by atoms with E-state index in [4.69, 9.17) is 15.2 Å². The van der Waals surface area contributed by atoms with E-state index in [2.05, 4.69) is 4.98 Å². The summed E-state index contributed by atoms with van der Waals surface area (Å²) < 4.78 is 10.2. The summed E-state index contributed by atoms with van der Waals surface area (Å²) in [6.07, 6.45) is 0. The molecule has 1 rings (SSSR count). The molecular formula is C10H16N2O2. The third kappa shape index (κ3) is 2.97. The van der Waals surface area contributed by atoms with E-state index < -0.39 is 0 Å². The van der Waals surface area contributed by atoms with E-state index >= 15 is 0 Å². The van der Waals surface area contributed by atoms with Crippen LogP contribution in [0.4, 0.5) is 0 Å². The molecule has 0 aromatic carbocycles. The standard InChI is InChI=1S/C10H16N2O2/c1-8-9(7-11)3-4-10(12-8)14-6-5-13-2/h3-4H,5-7,11H2,1-2H3. The Morgan fingerprint density at radius 2 is 2.14 bits per heavy atom. The highest BCUT2D eigenvalue weighted by atomic mass is 16.5. The highest BCUT2D eigenvalue weighted by Crippen LogP contribution is 2.11. The van der Waals surface area contributed by atoms with Crippen molar-refractivity contribution in [2.75, 3.05) is 20.3 Å². The second kappa shape index (κ2) is 5.57. The number of rotatable bonds is 5. The van der Waals surface area contributed by atoms with Gasteiger partial charge in [-0.3, -0.25) is 0 Å². The van der Waals surface area contributed by atoms with Crippen LogP contribution in [0.1, 0.15) is 11.3 Å². The lowest BCUT2D eigenvalue weighted by molar-refractivity contribution is 0.143. The normalized spacial score (nSPS) is 10.2. The van der Waals surface area contributed by atoms with Crippen molar-refractivity contribution < 1.29 is 9.47 Å². The van der Waals surface area contributed by atoms with Crippen LogP contribution in [0.3, 0.4) is 0 Å². The number of aromatic nitrogens is 1. The molecule has 1 aromatic rings. The maximum atomic E-state index is 5.52. The van der Waals surface area contributed by atoms with Crippen molar-refractivity contribution in [2.45, 2.75) is 13.5 Å². The summed E-state index contributed by atoms with van der Waals surface area (Å²) in [6, 6.07) is 3.76. The molecule has 0 unspecified atom stereocenters. The largest absolute Gasteiger partial charge is 0.475 e. The third-order valence-electron chi connectivity index (χ3n) is 1.93. The van der Waals surface area contributed by atoms with E-state index in [0.29, 0.717) is 25.6 Å². The van der Waals surface area contributed by atoms with Crippen LogP contribution in [0.25, 0.3) is 0 Å². The van der Waals surface area contributed by atoms with Crippen LogP contribution in [0.2, 0.25) is 0 Å². The van der Waals surface area contributed by atoms with Crippen LogP contribution in [0.15, 0.2) is 12.1 Å². The van der Waals surface area contributed by atoms with Gasteiger partial charge in [-0.2, -0.15) is 0 Å². The fourth-order valence-corrected chi connectivity index (χ4v) is 1.09. The molecule has 4 heteroatoms. The summed E-state index contributed by atoms with van der Waals surface area (Å²) >= 11 is 0. The zero-order valence-electron chi connectivity index (χ0n) is 8.62. The molecule has 0 aliphatic rings. The fourth-order valence-electron chi connectivity index (χ4n) is 1.09. The molecular weight excluding hydrogens is 180 g/mol. The predicted octanol–water partition coefficient (Wildman–Crippen LogP) is 0.874. The van der Waals surface area contributed by atoms with E-state index in [-0.39, 0.29) is 0 Å². The molecule has 2 N–H and O–H groups in total. The van der Waals surface area contributed by atoms with Crippen molar-refractivity contribution >= 4 is 0 Å². The van der Waals surface area contributed by atoms with Gasteiger partial charge in [-0.1, -0.05) is 6.07 Å². The molecule has 0 saturated carbocycles. The molecule has 0 amide bonds. The van der Waals surface area contributed by atoms with Crippen molar-refractivity contribution in [3.8, 4) is 5.88 Å². The number of ether oxygens (including phenoxy) is 2. The van der Waals surface area contributed by atoms with Gasteiger partial charge >= 0.3 is 0 Å². The van der Waals surface area contributed by atoms with Gasteiger partial charge in [0.15, 0.2) is 0 Å². The van der Waals surface area contributed by atoms with Gasteiger partial charge in [0.2, 0.25) is 5.88 Å². The molecule has 1 heterocycles. The molecule has 0 bridgehead atoms. The summed E-state index contributed by atoms with van der Waals surface area (Å²) in [7, 11) is 1.64. The van der Waals surface area contributed by atoms with Gasteiger partial charge in [-0.15, -0.1) is 0 Å². The first-order chi connectivity index (χ1) is 6.77. The molecule has 14 heavy (non-hydrogen) atoms. The Balaban J connectivity index is 2.57. The summed E-state index contributed by atoms with van der Waals surface area (Å²) in [6.45, 7) is 3.52. The SMILES string of the molecule is COCCOc1ccc(CN)c(C)n1. The summed E-state index contributed by atoms with van der Waals surface area (Å²) in [4.78, 5) is 4.26. The second-order valence-electron chi connectivity index (χ2n) is 2.94. The number of pyridine rings is 1. The van der Waals surface area contributed by atoms with Crippen molar-refractivity contribution in [2.24, 2.45) is 5.73 Å². The molecule has 78 valence electrons. The topological polar surface area (TPSA) is 57.4 Å². The van der Waals surface area contributed by atoms with Crippen molar-refractivity contribution in [1.82, 2.24) is 4.98 Å². The Hall–Kier alpha value is -1.13. The number of nitrogens with two attached hydrogens (primary N) is 1. The Bertz CT molecular complexity index is 289. The summed E-state index contributed by atoms with van der Waals surface area (Å²) in [5, 5.41) is 0. The van der Waals surface area contributed by atoms with Crippen LogP contribution in [0.5, 0.6) is 5.88 Å². The van der Waals surface area contributed by atoms with Gasteiger partial charge in [0.05, 0.1) is 6.61 Å². The van der Waals surface area contributed by atoms with Crippen molar-refractivity contribution in [3.05, 3.63) is 23.4 Å². The van der Waals surface area contributed by atoms with E-state index in [1.807, 2.05) is 19.1 Å². The van der Waals surface area contributed by atoms with Crippen molar-refractivity contribution in [3.63, 3.8) is 0 Å². The minimum Gasteiger partial charge on any atom is -0.475 e. The Kier molecular flexibility index (Phi) is 4.35. The van der Waals surface area contributed by atoms with Gasteiger partial charge in [-0.05, 0) is 12.5 Å². The summed E-state index contributed by atoms with van der Waals surface area (Å²) in [5.74, 6) is 0.622. The van der Waals surface area contributed by atoms with Crippen LogP contribution in [-0.4, -0.2) is 25.3 Å². The number of methoxy groups -OCH3 is 1. The first kappa shape index (κ1) is 10.9. The highest BCUT2D eigenvalue weighted by Gasteiger charge is 2.00. The number of aryl methyl sites for hydroxylation is 1. The fraction of sp³-hybridized carbons (Fsp3) is 0.500.